The molecule has 0 bridgehead atoms. The number of amides is 1. The van der Waals surface area contributed by atoms with Crippen LogP contribution in [0.3, 0.4) is 0 Å². The minimum atomic E-state index is -3.80. The van der Waals surface area contributed by atoms with Gasteiger partial charge >= 0.3 is 5.97 Å². The van der Waals surface area contributed by atoms with Crippen molar-refractivity contribution in [2.24, 2.45) is 0 Å². The second kappa shape index (κ2) is 7.79. The van der Waals surface area contributed by atoms with E-state index in [0.717, 1.165) is 18.5 Å². The minimum Gasteiger partial charge on any atom is -0.465 e. The van der Waals surface area contributed by atoms with E-state index in [2.05, 4.69) is 9.46 Å². The Labute approximate surface area is 158 Å². The number of methoxy groups -OCH3 is 1. The van der Waals surface area contributed by atoms with Crippen molar-refractivity contribution in [3.05, 3.63) is 59.7 Å². The lowest BCUT2D eigenvalue weighted by Crippen LogP contribution is -2.23. The van der Waals surface area contributed by atoms with Crippen molar-refractivity contribution in [1.82, 2.24) is 4.90 Å². The zero-order chi connectivity index (χ0) is 19.4. The Balaban J connectivity index is 1.74. The van der Waals surface area contributed by atoms with Crippen molar-refractivity contribution in [1.29, 1.82) is 0 Å². The number of ether oxygens (including phenoxy) is 1. The van der Waals surface area contributed by atoms with Crippen molar-refractivity contribution in [3.63, 3.8) is 0 Å². The molecule has 0 spiro atoms. The Morgan fingerprint density at radius 3 is 2.56 bits per heavy atom. The number of anilines is 1. The van der Waals surface area contributed by atoms with Gasteiger partial charge in [-0.25, -0.2) is 13.2 Å². The van der Waals surface area contributed by atoms with Crippen molar-refractivity contribution < 1.29 is 22.7 Å². The first-order chi connectivity index (χ1) is 12.9. The summed E-state index contributed by atoms with van der Waals surface area (Å²) in [6.45, 7) is 1.18. The highest BCUT2D eigenvalue weighted by molar-refractivity contribution is 7.92. The third-order valence-electron chi connectivity index (χ3n) is 4.31. The summed E-state index contributed by atoms with van der Waals surface area (Å²) in [5.41, 5.74) is 1.54. The molecule has 1 aliphatic heterocycles. The van der Waals surface area contributed by atoms with Gasteiger partial charge in [0.25, 0.3) is 10.0 Å². The molecule has 0 aromatic heterocycles. The number of carbonyl (C=O) groups excluding carboxylic acids is 2. The summed E-state index contributed by atoms with van der Waals surface area (Å²) in [6, 6.07) is 12.5. The van der Waals surface area contributed by atoms with Crippen LogP contribution in [0.5, 0.6) is 0 Å². The molecule has 8 heteroatoms. The average molecular weight is 388 g/mol. The fourth-order valence-corrected chi connectivity index (χ4v) is 3.98. The number of benzene rings is 2. The van der Waals surface area contributed by atoms with Gasteiger partial charge < -0.3 is 9.64 Å². The highest BCUT2D eigenvalue weighted by Gasteiger charge is 2.20. The summed E-state index contributed by atoms with van der Waals surface area (Å²) in [5.74, 6) is -0.414. The number of esters is 1. The van der Waals surface area contributed by atoms with E-state index in [1.165, 1.54) is 31.4 Å². The zero-order valence-corrected chi connectivity index (χ0v) is 15.7. The predicted molar refractivity (Wildman–Crippen MR) is 99.7 cm³/mol. The number of hydrogen-bond acceptors (Lipinski definition) is 5. The van der Waals surface area contributed by atoms with Crippen LogP contribution in [0.1, 0.15) is 28.8 Å². The van der Waals surface area contributed by atoms with Crippen LogP contribution in [0.2, 0.25) is 0 Å². The van der Waals surface area contributed by atoms with Gasteiger partial charge in [-0.3, -0.25) is 9.52 Å². The first kappa shape index (κ1) is 18.9. The highest BCUT2D eigenvalue weighted by atomic mass is 32.2. The lowest BCUT2D eigenvalue weighted by molar-refractivity contribution is -0.128. The van der Waals surface area contributed by atoms with E-state index in [-0.39, 0.29) is 16.4 Å². The van der Waals surface area contributed by atoms with Crippen molar-refractivity contribution in [3.8, 4) is 0 Å². The monoisotopic (exact) mass is 388 g/mol. The third-order valence-corrected chi connectivity index (χ3v) is 5.71. The zero-order valence-electron chi connectivity index (χ0n) is 14.8. The Kier molecular flexibility index (Phi) is 5.46. The van der Waals surface area contributed by atoms with Crippen LogP contribution in [-0.2, 0) is 26.1 Å². The molecule has 0 saturated carbocycles. The smallest absolute Gasteiger partial charge is 0.337 e. The highest BCUT2D eigenvalue weighted by Crippen LogP contribution is 2.20. The Hall–Kier alpha value is -2.87. The molecular weight excluding hydrogens is 368 g/mol. The average Bonchev–Trinajstić information content (AvgIpc) is 3.06. The number of hydrogen-bond donors (Lipinski definition) is 1. The van der Waals surface area contributed by atoms with Gasteiger partial charge in [0, 0.05) is 25.2 Å². The lowest BCUT2D eigenvalue weighted by atomic mass is 10.2. The predicted octanol–water partition coefficient (Wildman–Crippen LogP) is 2.40. The van der Waals surface area contributed by atoms with Crippen LogP contribution < -0.4 is 4.72 Å². The first-order valence-electron chi connectivity index (χ1n) is 8.47. The van der Waals surface area contributed by atoms with E-state index in [1.807, 2.05) is 6.07 Å². The molecular formula is C19H20N2O5S. The van der Waals surface area contributed by atoms with E-state index in [4.69, 9.17) is 0 Å². The molecule has 3 rings (SSSR count). The second-order valence-corrected chi connectivity index (χ2v) is 7.92. The molecule has 2 aromatic rings. The van der Waals surface area contributed by atoms with Gasteiger partial charge in [-0.15, -0.1) is 0 Å². The third kappa shape index (κ3) is 4.46. The number of nitrogens with zero attached hydrogens (tertiary/aromatic N) is 1. The number of carbonyl (C=O) groups is 2. The van der Waals surface area contributed by atoms with E-state index in [1.54, 1.807) is 23.1 Å². The molecule has 2 aromatic carbocycles. The van der Waals surface area contributed by atoms with Gasteiger partial charge in [0.15, 0.2) is 0 Å². The molecule has 1 heterocycles. The molecule has 1 fully saturated rings. The summed E-state index contributed by atoms with van der Waals surface area (Å²) in [4.78, 5) is 25.0. The standard InChI is InChI=1S/C19H20N2O5S/c1-26-19(23)15-7-9-17(10-8-15)27(24,25)20-16-5-2-4-14(12-16)13-21-11-3-6-18(21)22/h2,4-5,7-10,12,20H,3,6,11,13H2,1H3. The Morgan fingerprint density at radius 2 is 1.93 bits per heavy atom. The molecule has 0 unspecified atom stereocenters. The molecule has 27 heavy (non-hydrogen) atoms. The second-order valence-electron chi connectivity index (χ2n) is 6.24. The largest absolute Gasteiger partial charge is 0.465 e. The maximum Gasteiger partial charge on any atom is 0.337 e. The van der Waals surface area contributed by atoms with Crippen LogP contribution in [0.25, 0.3) is 0 Å². The van der Waals surface area contributed by atoms with Gasteiger partial charge in [0.2, 0.25) is 5.91 Å². The van der Waals surface area contributed by atoms with Gasteiger partial charge in [0.05, 0.1) is 17.6 Å². The Bertz CT molecular complexity index is 954. The molecule has 7 nitrogen and oxygen atoms in total. The summed E-state index contributed by atoms with van der Waals surface area (Å²) in [7, 11) is -2.54. The molecule has 1 saturated heterocycles. The molecule has 1 N–H and O–H groups in total. The number of likely N-dealkylation sites (tertiary alicyclic amines) is 1. The van der Waals surface area contributed by atoms with Crippen LogP contribution in [0.4, 0.5) is 5.69 Å². The summed E-state index contributed by atoms with van der Waals surface area (Å²) in [5, 5.41) is 0. The van der Waals surface area contributed by atoms with Crippen molar-refractivity contribution >= 4 is 27.6 Å². The van der Waals surface area contributed by atoms with E-state index in [9.17, 15) is 18.0 Å². The van der Waals surface area contributed by atoms with E-state index in [0.29, 0.717) is 18.7 Å². The topological polar surface area (TPSA) is 92.8 Å². The van der Waals surface area contributed by atoms with Crippen molar-refractivity contribution in [2.45, 2.75) is 24.3 Å². The number of sulfonamides is 1. The SMILES string of the molecule is COC(=O)c1ccc(S(=O)(=O)Nc2cccc(CN3CCCC3=O)c2)cc1. The lowest BCUT2D eigenvalue weighted by Gasteiger charge is -2.16. The number of rotatable bonds is 6. The maximum atomic E-state index is 12.6. The number of nitrogens with one attached hydrogen (secondary N) is 1. The molecule has 0 radical (unpaired) electrons. The van der Waals surface area contributed by atoms with Gasteiger partial charge in [-0.05, 0) is 48.4 Å². The molecule has 0 aliphatic carbocycles. The summed E-state index contributed by atoms with van der Waals surface area (Å²) < 4.78 is 32.3. The van der Waals surface area contributed by atoms with Crippen LogP contribution >= 0.6 is 0 Å². The summed E-state index contributed by atoms with van der Waals surface area (Å²) in [6.07, 6.45) is 1.42. The fraction of sp³-hybridized carbons (Fsp3) is 0.263. The van der Waals surface area contributed by atoms with E-state index < -0.39 is 16.0 Å². The summed E-state index contributed by atoms with van der Waals surface area (Å²) >= 11 is 0. The van der Waals surface area contributed by atoms with Gasteiger partial charge in [-0.2, -0.15) is 0 Å². The molecule has 142 valence electrons. The first-order valence-corrected chi connectivity index (χ1v) is 9.95. The quantitative estimate of drug-likeness (QED) is 0.767. The molecule has 1 aliphatic rings. The van der Waals surface area contributed by atoms with Gasteiger partial charge in [-0.1, -0.05) is 12.1 Å². The maximum absolute atomic E-state index is 12.6. The molecule has 0 atom stereocenters. The fourth-order valence-electron chi connectivity index (χ4n) is 2.93. The normalized spacial score (nSPS) is 14.3. The van der Waals surface area contributed by atoms with Gasteiger partial charge in [0.1, 0.15) is 0 Å². The minimum absolute atomic E-state index is 0.0373. The van der Waals surface area contributed by atoms with Crippen LogP contribution in [0.15, 0.2) is 53.4 Å². The Morgan fingerprint density at radius 1 is 1.19 bits per heavy atom. The van der Waals surface area contributed by atoms with E-state index >= 15 is 0 Å². The van der Waals surface area contributed by atoms with Crippen molar-refractivity contribution in [2.75, 3.05) is 18.4 Å². The van der Waals surface area contributed by atoms with Crippen LogP contribution in [0, 0.1) is 0 Å². The molecule has 1 amide bonds. The van der Waals surface area contributed by atoms with Crippen LogP contribution in [-0.4, -0.2) is 38.8 Å².